The molecule has 0 fully saturated rings. The monoisotopic (exact) mass is 323 g/mol. The van der Waals surface area contributed by atoms with Crippen LogP contribution in [0.2, 0.25) is 0 Å². The summed E-state index contributed by atoms with van der Waals surface area (Å²) >= 11 is 0. The number of nitro benzene ring substituents is 1. The maximum Gasteiger partial charge on any atom is 0.336 e. The lowest BCUT2D eigenvalue weighted by atomic mass is 10.1. The van der Waals surface area contributed by atoms with Crippen LogP contribution < -0.4 is 10.4 Å². The first-order chi connectivity index (χ1) is 11.6. The molecule has 0 atom stereocenters. The standard InChI is InChI=1S/C18H13NO5/c1-23-14-8-9-17-15(11-14)13(10-18(20)24-17)7-6-12-4-2-3-5-16(12)19(21)22/h2-11H,1H3/b7-6+. The fraction of sp³-hybridized carbons (Fsp3) is 0.0556. The second-order valence-corrected chi connectivity index (χ2v) is 5.03. The van der Waals surface area contributed by atoms with Gasteiger partial charge >= 0.3 is 5.63 Å². The van der Waals surface area contributed by atoms with Crippen molar-refractivity contribution in [1.82, 2.24) is 0 Å². The number of para-hydroxylation sites is 1. The van der Waals surface area contributed by atoms with Crippen molar-refractivity contribution in [2.24, 2.45) is 0 Å². The molecule has 0 aliphatic carbocycles. The van der Waals surface area contributed by atoms with Gasteiger partial charge in [-0.25, -0.2) is 4.79 Å². The Hall–Kier alpha value is -3.41. The number of fused-ring (bicyclic) bond motifs is 1. The van der Waals surface area contributed by atoms with Gasteiger partial charge in [-0.05, 0) is 35.9 Å². The lowest BCUT2D eigenvalue weighted by molar-refractivity contribution is -0.385. The van der Waals surface area contributed by atoms with Gasteiger partial charge in [-0.1, -0.05) is 18.2 Å². The smallest absolute Gasteiger partial charge is 0.336 e. The summed E-state index contributed by atoms with van der Waals surface area (Å²) in [7, 11) is 1.54. The molecule has 24 heavy (non-hydrogen) atoms. The van der Waals surface area contributed by atoms with Crippen LogP contribution in [0.1, 0.15) is 11.1 Å². The van der Waals surface area contributed by atoms with Crippen molar-refractivity contribution in [1.29, 1.82) is 0 Å². The molecule has 0 aliphatic heterocycles. The average Bonchev–Trinajstić information content (AvgIpc) is 2.59. The van der Waals surface area contributed by atoms with Crippen molar-refractivity contribution >= 4 is 28.8 Å². The number of methoxy groups -OCH3 is 1. The van der Waals surface area contributed by atoms with E-state index < -0.39 is 10.5 Å². The Morgan fingerprint density at radius 3 is 2.58 bits per heavy atom. The predicted octanol–water partition coefficient (Wildman–Crippen LogP) is 3.88. The molecule has 0 saturated carbocycles. The van der Waals surface area contributed by atoms with E-state index in [1.807, 2.05) is 0 Å². The van der Waals surface area contributed by atoms with Gasteiger partial charge in [-0.2, -0.15) is 0 Å². The molecule has 1 heterocycles. The van der Waals surface area contributed by atoms with Gasteiger partial charge in [-0.15, -0.1) is 0 Å². The van der Waals surface area contributed by atoms with E-state index in [0.717, 1.165) is 0 Å². The number of hydrogen-bond donors (Lipinski definition) is 0. The Morgan fingerprint density at radius 1 is 1.08 bits per heavy atom. The fourth-order valence-corrected chi connectivity index (χ4v) is 2.41. The van der Waals surface area contributed by atoms with Crippen LogP contribution in [0.4, 0.5) is 5.69 Å². The van der Waals surface area contributed by atoms with Crippen molar-refractivity contribution in [2.45, 2.75) is 0 Å². The molecule has 0 N–H and O–H groups in total. The maximum atomic E-state index is 11.7. The molecule has 0 saturated heterocycles. The highest BCUT2D eigenvalue weighted by atomic mass is 16.6. The molecular weight excluding hydrogens is 310 g/mol. The molecule has 0 spiro atoms. The Bertz CT molecular complexity index is 1000. The number of rotatable bonds is 4. The summed E-state index contributed by atoms with van der Waals surface area (Å²) in [6.45, 7) is 0. The number of hydrogen-bond acceptors (Lipinski definition) is 5. The molecule has 1 aromatic heterocycles. The van der Waals surface area contributed by atoms with E-state index in [1.54, 1.807) is 55.7 Å². The van der Waals surface area contributed by atoms with Crippen LogP contribution in [0.5, 0.6) is 5.75 Å². The van der Waals surface area contributed by atoms with E-state index >= 15 is 0 Å². The third kappa shape index (κ3) is 3.03. The fourth-order valence-electron chi connectivity index (χ4n) is 2.41. The SMILES string of the molecule is COc1ccc2oc(=O)cc(/C=C/c3ccccc3[N+](=O)[O-])c2c1. The molecule has 3 aromatic rings. The third-order valence-corrected chi connectivity index (χ3v) is 3.56. The van der Waals surface area contributed by atoms with Crippen LogP contribution in [-0.4, -0.2) is 12.0 Å². The van der Waals surface area contributed by atoms with Gasteiger partial charge < -0.3 is 9.15 Å². The lowest BCUT2D eigenvalue weighted by Gasteiger charge is -2.04. The topological polar surface area (TPSA) is 82.6 Å². The molecule has 0 aliphatic rings. The van der Waals surface area contributed by atoms with Crippen LogP contribution in [-0.2, 0) is 0 Å². The van der Waals surface area contributed by atoms with Gasteiger partial charge in [0.25, 0.3) is 5.69 Å². The highest BCUT2D eigenvalue weighted by Gasteiger charge is 2.10. The first-order valence-corrected chi connectivity index (χ1v) is 7.12. The quantitative estimate of drug-likeness (QED) is 0.413. The minimum atomic E-state index is -0.491. The molecule has 0 radical (unpaired) electrons. The second kappa shape index (κ2) is 6.37. The molecule has 0 amide bonds. The van der Waals surface area contributed by atoms with E-state index in [9.17, 15) is 14.9 Å². The average molecular weight is 323 g/mol. The van der Waals surface area contributed by atoms with Gasteiger partial charge in [0.05, 0.1) is 17.6 Å². The largest absolute Gasteiger partial charge is 0.497 e. The number of benzene rings is 2. The van der Waals surface area contributed by atoms with Gasteiger partial charge in [0.15, 0.2) is 0 Å². The first-order valence-electron chi connectivity index (χ1n) is 7.12. The normalized spacial score (nSPS) is 11.0. The van der Waals surface area contributed by atoms with Crippen molar-refractivity contribution in [3.05, 3.63) is 80.2 Å². The van der Waals surface area contributed by atoms with Gasteiger partial charge in [0, 0.05) is 17.5 Å². The van der Waals surface area contributed by atoms with Crippen molar-refractivity contribution < 1.29 is 14.1 Å². The number of nitro groups is 1. The molecule has 6 heteroatoms. The number of nitrogens with zero attached hydrogens (tertiary/aromatic N) is 1. The van der Waals surface area contributed by atoms with Crippen LogP contribution >= 0.6 is 0 Å². The lowest BCUT2D eigenvalue weighted by Crippen LogP contribution is -1.98. The summed E-state index contributed by atoms with van der Waals surface area (Å²) in [4.78, 5) is 22.3. The van der Waals surface area contributed by atoms with E-state index in [-0.39, 0.29) is 5.69 Å². The number of ether oxygens (including phenoxy) is 1. The summed E-state index contributed by atoms with van der Waals surface area (Å²) < 4.78 is 10.4. The van der Waals surface area contributed by atoms with E-state index in [4.69, 9.17) is 9.15 Å². The zero-order valence-corrected chi connectivity index (χ0v) is 12.8. The molecule has 0 bridgehead atoms. The minimum Gasteiger partial charge on any atom is -0.497 e. The Labute approximate surface area is 136 Å². The van der Waals surface area contributed by atoms with Crippen LogP contribution in [0.15, 0.2) is 57.7 Å². The van der Waals surface area contributed by atoms with E-state index in [1.165, 1.54) is 12.1 Å². The van der Waals surface area contributed by atoms with Gasteiger partial charge in [-0.3, -0.25) is 10.1 Å². The molecule has 0 unspecified atom stereocenters. The summed E-state index contributed by atoms with van der Waals surface area (Å²) in [5, 5.41) is 11.8. The van der Waals surface area contributed by atoms with Crippen LogP contribution in [0.3, 0.4) is 0 Å². The predicted molar refractivity (Wildman–Crippen MR) is 91.1 cm³/mol. The summed E-state index contributed by atoms with van der Waals surface area (Å²) in [6, 6.07) is 12.8. The Morgan fingerprint density at radius 2 is 1.83 bits per heavy atom. The van der Waals surface area contributed by atoms with Crippen molar-refractivity contribution in [3.63, 3.8) is 0 Å². The van der Waals surface area contributed by atoms with Crippen LogP contribution in [0.25, 0.3) is 23.1 Å². The summed E-state index contributed by atoms with van der Waals surface area (Å²) in [5.41, 5.74) is 0.976. The highest BCUT2D eigenvalue weighted by molar-refractivity contribution is 5.90. The Kier molecular flexibility index (Phi) is 4.11. The van der Waals surface area contributed by atoms with Crippen molar-refractivity contribution in [3.8, 4) is 5.75 Å². The van der Waals surface area contributed by atoms with Crippen LogP contribution in [0, 0.1) is 10.1 Å². The van der Waals surface area contributed by atoms with E-state index in [2.05, 4.69) is 0 Å². The summed E-state index contributed by atoms with van der Waals surface area (Å²) in [5.74, 6) is 0.622. The molecule has 120 valence electrons. The van der Waals surface area contributed by atoms with Gasteiger partial charge in [0.1, 0.15) is 11.3 Å². The molecule has 6 nitrogen and oxygen atoms in total. The second-order valence-electron chi connectivity index (χ2n) is 5.03. The maximum absolute atomic E-state index is 11.7. The molecular formula is C18H13NO5. The Balaban J connectivity index is 2.13. The minimum absolute atomic E-state index is 0.00129. The van der Waals surface area contributed by atoms with E-state index in [0.29, 0.717) is 27.8 Å². The zero-order valence-electron chi connectivity index (χ0n) is 12.8. The van der Waals surface area contributed by atoms with Gasteiger partial charge in [0.2, 0.25) is 0 Å². The molecule has 3 rings (SSSR count). The first kappa shape index (κ1) is 15.5. The highest BCUT2D eigenvalue weighted by Crippen LogP contribution is 2.25. The summed E-state index contributed by atoms with van der Waals surface area (Å²) in [6.07, 6.45) is 3.26. The zero-order chi connectivity index (χ0) is 17.1. The van der Waals surface area contributed by atoms with Crippen molar-refractivity contribution in [2.75, 3.05) is 7.11 Å². The molecule has 2 aromatic carbocycles. The third-order valence-electron chi connectivity index (χ3n) is 3.56.